The maximum atomic E-state index is 13.5. The number of amides is 1. The van der Waals surface area contributed by atoms with Crippen molar-refractivity contribution in [2.45, 2.75) is 13.5 Å². The molecule has 0 unspecified atom stereocenters. The Bertz CT molecular complexity index is 977. The molecule has 0 fully saturated rings. The molecule has 0 aliphatic rings. The summed E-state index contributed by atoms with van der Waals surface area (Å²) in [5.41, 5.74) is 1.93. The van der Waals surface area contributed by atoms with Gasteiger partial charge in [0.1, 0.15) is 11.6 Å². The largest absolute Gasteiger partial charge is 0.484 e. The Morgan fingerprint density at radius 1 is 1.23 bits per heavy atom. The number of nitrogens with zero attached hydrogens (tertiary/aromatic N) is 2. The van der Waals surface area contributed by atoms with E-state index in [9.17, 15) is 9.18 Å². The van der Waals surface area contributed by atoms with E-state index < -0.39 is 5.91 Å². The third kappa shape index (κ3) is 4.36. The van der Waals surface area contributed by atoms with E-state index in [1.807, 2.05) is 35.8 Å². The molecule has 0 atom stereocenters. The first-order valence-corrected chi connectivity index (χ1v) is 8.93. The van der Waals surface area contributed by atoms with Gasteiger partial charge < -0.3 is 14.0 Å². The third-order valence-corrected chi connectivity index (χ3v) is 4.81. The molecule has 0 aliphatic carbocycles. The topological polar surface area (TPSA) is 52.8 Å². The number of fused-ring (bicyclic) bond motifs is 1. The van der Waals surface area contributed by atoms with Gasteiger partial charge in [-0.3, -0.25) is 4.79 Å². The summed E-state index contributed by atoms with van der Waals surface area (Å²) in [6, 6.07) is 12.0. The number of benzene rings is 2. The van der Waals surface area contributed by atoms with Gasteiger partial charge in [-0.05, 0) is 37.3 Å². The van der Waals surface area contributed by atoms with Crippen molar-refractivity contribution in [3.05, 3.63) is 58.6 Å². The van der Waals surface area contributed by atoms with Crippen LogP contribution in [0.5, 0.6) is 5.75 Å². The summed E-state index contributed by atoms with van der Waals surface area (Å²) >= 11 is 1.26. The van der Waals surface area contributed by atoms with Crippen molar-refractivity contribution in [1.82, 2.24) is 4.57 Å². The Labute approximate surface area is 154 Å². The van der Waals surface area contributed by atoms with Gasteiger partial charge in [0.05, 0.1) is 16.8 Å². The van der Waals surface area contributed by atoms with E-state index in [1.54, 1.807) is 13.2 Å². The number of rotatable bonds is 6. The molecule has 1 heterocycles. The summed E-state index contributed by atoms with van der Waals surface area (Å²) in [7, 11) is 1.60. The number of thiazole rings is 1. The first-order valence-electron chi connectivity index (χ1n) is 8.11. The third-order valence-electron chi connectivity index (χ3n) is 3.77. The number of carbonyl (C=O) groups excluding carboxylic acids is 1. The van der Waals surface area contributed by atoms with Gasteiger partial charge in [-0.15, -0.1) is 0 Å². The van der Waals surface area contributed by atoms with E-state index in [1.165, 1.54) is 23.5 Å². The van der Waals surface area contributed by atoms with Crippen LogP contribution in [-0.2, 0) is 16.1 Å². The van der Waals surface area contributed by atoms with Crippen LogP contribution in [0, 0.1) is 12.7 Å². The molecule has 0 saturated heterocycles. The average molecular weight is 374 g/mol. The molecule has 3 aromatic rings. The van der Waals surface area contributed by atoms with Crippen molar-refractivity contribution >= 4 is 27.5 Å². The van der Waals surface area contributed by atoms with Gasteiger partial charge in [0.2, 0.25) is 0 Å². The maximum absolute atomic E-state index is 13.5. The minimum atomic E-state index is -0.399. The number of aryl methyl sites for hydroxylation is 1. The van der Waals surface area contributed by atoms with Crippen LogP contribution in [0.25, 0.3) is 10.2 Å². The summed E-state index contributed by atoms with van der Waals surface area (Å²) in [5, 5.41) is 0. The molecule has 2 aromatic carbocycles. The van der Waals surface area contributed by atoms with E-state index in [4.69, 9.17) is 9.47 Å². The van der Waals surface area contributed by atoms with E-state index in [-0.39, 0.29) is 12.4 Å². The molecule has 1 amide bonds. The lowest BCUT2D eigenvalue weighted by atomic mass is 10.2. The summed E-state index contributed by atoms with van der Waals surface area (Å²) in [5.74, 6) is -0.105. The zero-order valence-electron chi connectivity index (χ0n) is 14.6. The predicted octanol–water partition coefficient (Wildman–Crippen LogP) is 3.30. The van der Waals surface area contributed by atoms with Crippen LogP contribution in [0.4, 0.5) is 4.39 Å². The standard InChI is InChI=1S/C19H19FN2O3S/c1-13-3-6-15(7-4-13)25-12-18(23)21-19-22(9-10-24-2)16-8-5-14(20)11-17(16)26-19/h3-8,11H,9-10,12H2,1-2H3. The lowest BCUT2D eigenvalue weighted by Crippen LogP contribution is -2.21. The Hall–Kier alpha value is -2.51. The number of carbonyl (C=O) groups is 1. The second kappa shape index (κ2) is 8.25. The van der Waals surface area contributed by atoms with Gasteiger partial charge in [0.15, 0.2) is 11.4 Å². The van der Waals surface area contributed by atoms with Crippen LogP contribution in [0.3, 0.4) is 0 Å². The molecule has 7 heteroatoms. The predicted molar refractivity (Wildman–Crippen MR) is 98.9 cm³/mol. The Morgan fingerprint density at radius 2 is 2.00 bits per heavy atom. The summed E-state index contributed by atoms with van der Waals surface area (Å²) in [6.45, 7) is 2.81. The Kier molecular flexibility index (Phi) is 5.80. The highest BCUT2D eigenvalue weighted by molar-refractivity contribution is 7.16. The molecule has 26 heavy (non-hydrogen) atoms. The molecular weight excluding hydrogens is 355 g/mol. The molecule has 0 saturated carbocycles. The number of hydrogen-bond donors (Lipinski definition) is 0. The van der Waals surface area contributed by atoms with Gasteiger partial charge in [-0.1, -0.05) is 29.0 Å². The van der Waals surface area contributed by atoms with Crippen molar-refractivity contribution in [1.29, 1.82) is 0 Å². The Balaban J connectivity index is 1.84. The molecule has 0 aliphatic heterocycles. The first kappa shape index (κ1) is 18.3. The number of hydrogen-bond acceptors (Lipinski definition) is 4. The monoisotopic (exact) mass is 374 g/mol. The van der Waals surface area contributed by atoms with E-state index in [2.05, 4.69) is 4.99 Å². The SMILES string of the molecule is COCCn1c(=NC(=O)COc2ccc(C)cc2)sc2cc(F)ccc21. The fourth-order valence-electron chi connectivity index (χ4n) is 2.45. The summed E-state index contributed by atoms with van der Waals surface area (Å²) in [4.78, 5) is 16.9. The molecule has 136 valence electrons. The van der Waals surface area contributed by atoms with Crippen molar-refractivity contribution in [2.75, 3.05) is 20.3 Å². The number of methoxy groups -OCH3 is 1. The number of ether oxygens (including phenoxy) is 2. The molecule has 5 nitrogen and oxygen atoms in total. The highest BCUT2D eigenvalue weighted by Gasteiger charge is 2.09. The molecule has 0 radical (unpaired) electrons. The second-order valence-electron chi connectivity index (χ2n) is 5.75. The fourth-order valence-corrected chi connectivity index (χ4v) is 3.55. The molecule has 0 spiro atoms. The van der Waals surface area contributed by atoms with Gasteiger partial charge in [0.25, 0.3) is 5.91 Å². The van der Waals surface area contributed by atoms with Crippen LogP contribution < -0.4 is 9.54 Å². The van der Waals surface area contributed by atoms with E-state index >= 15 is 0 Å². The fraction of sp³-hybridized carbons (Fsp3) is 0.263. The van der Waals surface area contributed by atoms with E-state index in [0.29, 0.717) is 23.7 Å². The highest BCUT2D eigenvalue weighted by Crippen LogP contribution is 2.18. The number of aromatic nitrogens is 1. The average Bonchev–Trinajstić information content (AvgIpc) is 2.95. The quantitative estimate of drug-likeness (QED) is 0.665. The van der Waals surface area contributed by atoms with Gasteiger partial charge in [-0.2, -0.15) is 4.99 Å². The maximum Gasteiger partial charge on any atom is 0.286 e. The van der Waals surface area contributed by atoms with Crippen molar-refractivity contribution in [3.8, 4) is 5.75 Å². The smallest absolute Gasteiger partial charge is 0.286 e. The molecule has 0 bridgehead atoms. The lowest BCUT2D eigenvalue weighted by Gasteiger charge is -2.05. The molecule has 1 aromatic heterocycles. The molecular formula is C19H19FN2O3S. The summed E-state index contributed by atoms with van der Waals surface area (Å²) in [6.07, 6.45) is 0. The lowest BCUT2D eigenvalue weighted by molar-refractivity contribution is -0.120. The van der Waals surface area contributed by atoms with Crippen molar-refractivity contribution < 1.29 is 18.7 Å². The summed E-state index contributed by atoms with van der Waals surface area (Å²) < 4.78 is 26.7. The van der Waals surface area contributed by atoms with Crippen LogP contribution in [0.1, 0.15) is 5.56 Å². The zero-order chi connectivity index (χ0) is 18.5. The molecule has 3 rings (SSSR count). The highest BCUT2D eigenvalue weighted by atomic mass is 32.1. The van der Waals surface area contributed by atoms with Crippen LogP contribution >= 0.6 is 11.3 Å². The zero-order valence-corrected chi connectivity index (χ0v) is 15.4. The van der Waals surface area contributed by atoms with Crippen LogP contribution in [0.2, 0.25) is 0 Å². The van der Waals surface area contributed by atoms with Crippen LogP contribution in [-0.4, -0.2) is 30.8 Å². The van der Waals surface area contributed by atoms with Crippen molar-refractivity contribution in [2.24, 2.45) is 4.99 Å². The minimum Gasteiger partial charge on any atom is -0.484 e. The van der Waals surface area contributed by atoms with Crippen molar-refractivity contribution in [3.63, 3.8) is 0 Å². The van der Waals surface area contributed by atoms with Gasteiger partial charge in [0, 0.05) is 13.7 Å². The van der Waals surface area contributed by atoms with E-state index in [0.717, 1.165) is 15.8 Å². The van der Waals surface area contributed by atoms with Gasteiger partial charge in [-0.25, -0.2) is 4.39 Å². The Morgan fingerprint density at radius 3 is 2.73 bits per heavy atom. The van der Waals surface area contributed by atoms with Gasteiger partial charge >= 0.3 is 0 Å². The van der Waals surface area contributed by atoms with Crippen LogP contribution in [0.15, 0.2) is 47.5 Å². The minimum absolute atomic E-state index is 0.157. The number of halogens is 1. The normalized spacial score (nSPS) is 11.9. The molecule has 0 N–H and O–H groups in total. The second-order valence-corrected chi connectivity index (χ2v) is 6.76. The first-order chi connectivity index (χ1) is 12.6.